The molecule has 138 valence electrons. The van der Waals surface area contributed by atoms with Crippen molar-refractivity contribution in [2.75, 3.05) is 20.3 Å². The van der Waals surface area contributed by atoms with Crippen molar-refractivity contribution < 1.29 is 9.53 Å². The molecule has 2 aromatic rings. The Hall–Kier alpha value is -2.40. The number of hydrogen-bond donors (Lipinski definition) is 1. The summed E-state index contributed by atoms with van der Waals surface area (Å²) in [6.45, 7) is 3.68. The molecule has 0 spiro atoms. The van der Waals surface area contributed by atoms with E-state index >= 15 is 0 Å². The number of methoxy groups -OCH3 is 1. The fraction of sp³-hybridized carbons (Fsp3) is 0.429. The number of benzene rings is 1. The molecule has 1 aromatic heterocycles. The van der Waals surface area contributed by atoms with E-state index in [0.717, 1.165) is 24.8 Å². The van der Waals surface area contributed by atoms with Crippen LogP contribution in [-0.2, 0) is 17.7 Å². The van der Waals surface area contributed by atoms with E-state index in [0.29, 0.717) is 19.7 Å². The Morgan fingerprint density at radius 2 is 2.27 bits per heavy atom. The van der Waals surface area contributed by atoms with Gasteiger partial charge in [0, 0.05) is 32.6 Å². The van der Waals surface area contributed by atoms with Crippen LogP contribution in [0.5, 0.6) is 0 Å². The number of carbonyl (C=O) groups is 1. The van der Waals surface area contributed by atoms with Crippen LogP contribution in [0.4, 0.5) is 4.79 Å². The van der Waals surface area contributed by atoms with Gasteiger partial charge < -0.3 is 15.0 Å². The molecule has 1 aliphatic rings. The van der Waals surface area contributed by atoms with Crippen LogP contribution in [-0.4, -0.2) is 36.2 Å². The Morgan fingerprint density at radius 3 is 3.04 bits per heavy atom. The van der Waals surface area contributed by atoms with Crippen molar-refractivity contribution in [2.24, 2.45) is 0 Å². The average molecular weight is 353 g/mol. The first kappa shape index (κ1) is 18.4. The zero-order valence-electron chi connectivity index (χ0n) is 15.6. The standard InChI is InChI=1S/C21H27N3O2/c1-16-8-9-18-6-3-7-20(19(18)13-16)23-21(25)24(11-12-26-2)15-17-5-4-10-22-14-17/h4-5,8-10,13-14,20H,3,6-7,11-12,15H2,1-2H3,(H,23,25). The van der Waals surface area contributed by atoms with E-state index in [2.05, 4.69) is 35.4 Å². The quantitative estimate of drug-likeness (QED) is 0.863. The maximum Gasteiger partial charge on any atom is 0.318 e. The monoisotopic (exact) mass is 353 g/mol. The normalized spacial score (nSPS) is 16.0. The number of carbonyl (C=O) groups excluding carboxylic acids is 1. The molecule has 0 aliphatic heterocycles. The fourth-order valence-electron chi connectivity index (χ4n) is 3.47. The minimum atomic E-state index is -0.0507. The molecule has 26 heavy (non-hydrogen) atoms. The van der Waals surface area contributed by atoms with E-state index in [9.17, 15) is 4.79 Å². The molecular weight excluding hydrogens is 326 g/mol. The van der Waals surface area contributed by atoms with Crippen molar-refractivity contribution in [1.29, 1.82) is 0 Å². The number of fused-ring (bicyclic) bond motifs is 1. The number of aromatic nitrogens is 1. The second kappa shape index (κ2) is 8.81. The number of pyridine rings is 1. The van der Waals surface area contributed by atoms with E-state index in [4.69, 9.17) is 4.74 Å². The van der Waals surface area contributed by atoms with Gasteiger partial charge in [0.15, 0.2) is 0 Å². The number of nitrogens with zero attached hydrogens (tertiary/aromatic N) is 2. The van der Waals surface area contributed by atoms with Gasteiger partial charge in [-0.3, -0.25) is 4.98 Å². The first-order chi connectivity index (χ1) is 12.7. The van der Waals surface area contributed by atoms with E-state index < -0.39 is 0 Å². The largest absolute Gasteiger partial charge is 0.383 e. The van der Waals surface area contributed by atoms with Crippen molar-refractivity contribution in [3.8, 4) is 0 Å². The molecule has 0 saturated carbocycles. The third-order valence-corrected chi connectivity index (χ3v) is 4.86. The van der Waals surface area contributed by atoms with E-state index in [1.165, 1.54) is 16.7 Å². The Balaban J connectivity index is 1.72. The van der Waals surface area contributed by atoms with Gasteiger partial charge in [-0.2, -0.15) is 0 Å². The predicted octanol–water partition coefficient (Wildman–Crippen LogP) is 3.63. The highest BCUT2D eigenvalue weighted by molar-refractivity contribution is 5.75. The number of urea groups is 1. The predicted molar refractivity (Wildman–Crippen MR) is 102 cm³/mol. The molecule has 1 aromatic carbocycles. The number of nitrogens with one attached hydrogen (secondary N) is 1. The van der Waals surface area contributed by atoms with Crippen LogP contribution in [0.2, 0.25) is 0 Å². The van der Waals surface area contributed by atoms with Crippen LogP contribution < -0.4 is 5.32 Å². The molecule has 5 heteroatoms. The Kier molecular flexibility index (Phi) is 6.23. The van der Waals surface area contributed by atoms with Gasteiger partial charge in [-0.05, 0) is 48.9 Å². The van der Waals surface area contributed by atoms with Crippen LogP contribution in [0.15, 0.2) is 42.7 Å². The summed E-state index contributed by atoms with van der Waals surface area (Å²) in [6, 6.07) is 10.5. The summed E-state index contributed by atoms with van der Waals surface area (Å²) >= 11 is 0. The number of amides is 2. The maximum absolute atomic E-state index is 13.0. The fourth-order valence-corrected chi connectivity index (χ4v) is 3.47. The minimum absolute atomic E-state index is 0.0507. The van der Waals surface area contributed by atoms with Crippen LogP contribution in [0.1, 0.15) is 41.1 Å². The van der Waals surface area contributed by atoms with Gasteiger partial charge in [0.05, 0.1) is 12.6 Å². The highest BCUT2D eigenvalue weighted by Crippen LogP contribution is 2.30. The molecule has 1 atom stereocenters. The lowest BCUT2D eigenvalue weighted by Gasteiger charge is -2.30. The number of rotatable bonds is 6. The van der Waals surface area contributed by atoms with Crippen molar-refractivity contribution in [3.63, 3.8) is 0 Å². The molecule has 0 bridgehead atoms. The first-order valence-corrected chi connectivity index (χ1v) is 9.20. The summed E-state index contributed by atoms with van der Waals surface area (Å²) in [7, 11) is 1.65. The van der Waals surface area contributed by atoms with Crippen molar-refractivity contribution in [1.82, 2.24) is 15.2 Å². The molecule has 1 unspecified atom stereocenters. The molecule has 0 fully saturated rings. The Labute approximate surface area is 155 Å². The second-order valence-electron chi connectivity index (χ2n) is 6.87. The molecule has 1 N–H and O–H groups in total. The minimum Gasteiger partial charge on any atom is -0.383 e. The van der Waals surface area contributed by atoms with E-state index in [1.54, 1.807) is 24.4 Å². The SMILES string of the molecule is COCCN(Cc1cccnc1)C(=O)NC1CCCc2ccc(C)cc21. The van der Waals surface area contributed by atoms with Gasteiger partial charge >= 0.3 is 6.03 Å². The van der Waals surface area contributed by atoms with Crippen molar-refractivity contribution in [3.05, 3.63) is 65.0 Å². The molecule has 0 saturated heterocycles. The van der Waals surface area contributed by atoms with Crippen LogP contribution in [0.25, 0.3) is 0 Å². The second-order valence-corrected chi connectivity index (χ2v) is 6.87. The van der Waals surface area contributed by atoms with Crippen LogP contribution >= 0.6 is 0 Å². The van der Waals surface area contributed by atoms with Gasteiger partial charge in [0.25, 0.3) is 0 Å². The Bertz CT molecular complexity index is 733. The Morgan fingerprint density at radius 1 is 1.38 bits per heavy atom. The molecular formula is C21H27N3O2. The number of aryl methyl sites for hydroxylation is 2. The first-order valence-electron chi connectivity index (χ1n) is 9.20. The number of hydrogen-bond acceptors (Lipinski definition) is 3. The topological polar surface area (TPSA) is 54.5 Å². The summed E-state index contributed by atoms with van der Waals surface area (Å²) in [4.78, 5) is 18.9. The van der Waals surface area contributed by atoms with Crippen LogP contribution in [0, 0.1) is 6.92 Å². The lowest BCUT2D eigenvalue weighted by Crippen LogP contribution is -2.43. The zero-order valence-corrected chi connectivity index (χ0v) is 15.6. The lowest BCUT2D eigenvalue weighted by atomic mass is 9.87. The van der Waals surface area contributed by atoms with Gasteiger partial charge in [0.2, 0.25) is 0 Å². The van der Waals surface area contributed by atoms with E-state index in [1.807, 2.05) is 12.1 Å². The zero-order chi connectivity index (χ0) is 18.4. The van der Waals surface area contributed by atoms with Crippen LogP contribution in [0.3, 0.4) is 0 Å². The summed E-state index contributed by atoms with van der Waals surface area (Å²) in [5.74, 6) is 0. The van der Waals surface area contributed by atoms with Crippen molar-refractivity contribution >= 4 is 6.03 Å². The van der Waals surface area contributed by atoms with Gasteiger partial charge in [-0.25, -0.2) is 4.79 Å². The third-order valence-electron chi connectivity index (χ3n) is 4.86. The van der Waals surface area contributed by atoms with Crippen molar-refractivity contribution in [2.45, 2.75) is 38.8 Å². The summed E-state index contributed by atoms with van der Waals surface area (Å²) in [5, 5.41) is 3.24. The molecule has 3 rings (SSSR count). The molecule has 5 nitrogen and oxygen atoms in total. The highest BCUT2D eigenvalue weighted by atomic mass is 16.5. The molecule has 1 heterocycles. The van der Waals surface area contributed by atoms with Gasteiger partial charge in [-0.1, -0.05) is 29.8 Å². The lowest BCUT2D eigenvalue weighted by molar-refractivity contribution is 0.144. The molecule has 0 radical (unpaired) electrons. The summed E-state index contributed by atoms with van der Waals surface area (Å²) < 4.78 is 5.18. The summed E-state index contributed by atoms with van der Waals surface area (Å²) in [5.41, 5.74) is 4.86. The van der Waals surface area contributed by atoms with E-state index in [-0.39, 0.29) is 12.1 Å². The highest BCUT2D eigenvalue weighted by Gasteiger charge is 2.24. The van der Waals surface area contributed by atoms with Gasteiger partial charge in [-0.15, -0.1) is 0 Å². The van der Waals surface area contributed by atoms with Gasteiger partial charge in [0.1, 0.15) is 0 Å². The molecule has 2 amide bonds. The maximum atomic E-state index is 13.0. The molecule has 1 aliphatic carbocycles. The summed E-state index contributed by atoms with van der Waals surface area (Å²) in [6.07, 6.45) is 6.71. The average Bonchev–Trinajstić information content (AvgIpc) is 2.66. The third kappa shape index (κ3) is 4.61. The number of ether oxygens (including phenoxy) is 1. The smallest absolute Gasteiger partial charge is 0.318 e.